The number of likely N-dealkylation sites (tertiary alicyclic amines) is 1. The van der Waals surface area contributed by atoms with Crippen LogP contribution in [-0.2, 0) is 11.3 Å². The van der Waals surface area contributed by atoms with E-state index in [0.717, 1.165) is 56.9 Å². The smallest absolute Gasteiger partial charge is 0.231 e. The lowest BCUT2D eigenvalue weighted by molar-refractivity contribution is -0.919. The Hall–Kier alpha value is -1.75. The van der Waals surface area contributed by atoms with Crippen LogP contribution in [0.15, 0.2) is 18.2 Å². The van der Waals surface area contributed by atoms with Crippen LogP contribution >= 0.6 is 0 Å². The molecular weight excluding hydrogens is 304 g/mol. The lowest BCUT2D eigenvalue weighted by atomic mass is 9.95. The molecule has 0 aliphatic carbocycles. The van der Waals surface area contributed by atoms with Crippen molar-refractivity contribution in [3.8, 4) is 11.5 Å². The SMILES string of the molecule is CC(C)CCNC(=O)C1CC[NH+](Cc2ccc3c(c2)OCO3)CC1. The summed E-state index contributed by atoms with van der Waals surface area (Å²) in [7, 11) is 0. The molecule has 3 rings (SSSR count). The van der Waals surface area contributed by atoms with Crippen LogP contribution in [0, 0.1) is 11.8 Å². The third-order valence-corrected chi connectivity index (χ3v) is 4.98. The molecule has 0 bridgehead atoms. The maximum Gasteiger partial charge on any atom is 0.231 e. The Morgan fingerprint density at radius 2 is 2.00 bits per heavy atom. The average molecular weight is 333 g/mol. The fourth-order valence-electron chi connectivity index (χ4n) is 3.43. The van der Waals surface area contributed by atoms with Crippen molar-refractivity contribution in [3.05, 3.63) is 23.8 Å². The standard InChI is InChI=1S/C19H28N2O3/c1-14(2)5-8-20-19(22)16-6-9-21(10-7-16)12-15-3-4-17-18(11-15)24-13-23-17/h3-4,11,14,16H,5-10,12-13H2,1-2H3,(H,20,22)/p+1. The monoisotopic (exact) mass is 333 g/mol. The third kappa shape index (κ3) is 4.41. The molecule has 1 amide bonds. The molecule has 2 heterocycles. The number of ether oxygens (including phenoxy) is 2. The highest BCUT2D eigenvalue weighted by molar-refractivity contribution is 5.78. The number of amides is 1. The minimum absolute atomic E-state index is 0.192. The van der Waals surface area contributed by atoms with Gasteiger partial charge in [0.1, 0.15) is 6.54 Å². The molecule has 2 N–H and O–H groups in total. The first-order valence-corrected chi connectivity index (χ1v) is 9.11. The Kier molecular flexibility index (Phi) is 5.61. The Morgan fingerprint density at radius 3 is 2.75 bits per heavy atom. The molecule has 0 unspecified atom stereocenters. The average Bonchev–Trinajstić information content (AvgIpc) is 3.03. The summed E-state index contributed by atoms with van der Waals surface area (Å²) in [6.07, 6.45) is 3.01. The van der Waals surface area contributed by atoms with Crippen molar-refractivity contribution in [2.45, 2.75) is 39.7 Å². The summed E-state index contributed by atoms with van der Waals surface area (Å²) in [6, 6.07) is 6.19. The Morgan fingerprint density at radius 1 is 1.25 bits per heavy atom. The van der Waals surface area contributed by atoms with E-state index in [-0.39, 0.29) is 11.8 Å². The van der Waals surface area contributed by atoms with Crippen molar-refractivity contribution in [1.82, 2.24) is 5.32 Å². The van der Waals surface area contributed by atoms with Crippen LogP contribution in [0.3, 0.4) is 0 Å². The van der Waals surface area contributed by atoms with Gasteiger partial charge in [0.2, 0.25) is 12.7 Å². The van der Waals surface area contributed by atoms with Crippen LogP contribution in [0.25, 0.3) is 0 Å². The zero-order valence-corrected chi connectivity index (χ0v) is 14.8. The molecule has 0 atom stereocenters. The van der Waals surface area contributed by atoms with E-state index in [1.807, 2.05) is 6.07 Å². The van der Waals surface area contributed by atoms with Gasteiger partial charge in [-0.25, -0.2) is 0 Å². The van der Waals surface area contributed by atoms with Gasteiger partial charge in [-0.2, -0.15) is 0 Å². The molecule has 5 nitrogen and oxygen atoms in total. The predicted octanol–water partition coefficient (Wildman–Crippen LogP) is 1.37. The van der Waals surface area contributed by atoms with Crippen LogP contribution < -0.4 is 19.7 Å². The zero-order valence-electron chi connectivity index (χ0n) is 14.8. The summed E-state index contributed by atoms with van der Waals surface area (Å²) < 4.78 is 10.8. The lowest BCUT2D eigenvalue weighted by Crippen LogP contribution is -3.11. The number of hydrogen-bond donors (Lipinski definition) is 2. The van der Waals surface area contributed by atoms with Crippen LogP contribution in [0.1, 0.15) is 38.7 Å². The summed E-state index contributed by atoms with van der Waals surface area (Å²) in [5, 5.41) is 3.10. The van der Waals surface area contributed by atoms with Gasteiger partial charge in [0.25, 0.3) is 0 Å². The number of carbonyl (C=O) groups is 1. The quantitative estimate of drug-likeness (QED) is 0.827. The van der Waals surface area contributed by atoms with Crippen molar-refractivity contribution in [2.75, 3.05) is 26.4 Å². The molecule has 1 aromatic rings. The molecule has 5 heteroatoms. The molecule has 2 aliphatic rings. The molecular formula is C19H29N2O3+. The number of nitrogens with one attached hydrogen (secondary N) is 2. The van der Waals surface area contributed by atoms with Crippen LogP contribution in [-0.4, -0.2) is 32.3 Å². The summed E-state index contributed by atoms with van der Waals surface area (Å²) >= 11 is 0. The zero-order chi connectivity index (χ0) is 16.9. The number of benzene rings is 1. The first-order chi connectivity index (χ1) is 11.6. The number of rotatable bonds is 6. The van der Waals surface area contributed by atoms with E-state index in [9.17, 15) is 4.79 Å². The fraction of sp³-hybridized carbons (Fsp3) is 0.632. The second kappa shape index (κ2) is 7.88. The molecule has 24 heavy (non-hydrogen) atoms. The maximum absolute atomic E-state index is 12.2. The number of hydrogen-bond acceptors (Lipinski definition) is 3. The van der Waals surface area contributed by atoms with Gasteiger partial charge in [0.05, 0.1) is 13.1 Å². The van der Waals surface area contributed by atoms with E-state index >= 15 is 0 Å². The van der Waals surface area contributed by atoms with Crippen molar-refractivity contribution in [1.29, 1.82) is 0 Å². The second-order valence-electron chi connectivity index (χ2n) is 7.36. The Labute approximate surface area is 144 Å². The number of carbonyl (C=O) groups excluding carboxylic acids is 1. The third-order valence-electron chi connectivity index (χ3n) is 4.98. The highest BCUT2D eigenvalue weighted by atomic mass is 16.7. The predicted molar refractivity (Wildman–Crippen MR) is 92.2 cm³/mol. The first kappa shape index (κ1) is 17.1. The van der Waals surface area contributed by atoms with Crippen LogP contribution in [0.2, 0.25) is 0 Å². The van der Waals surface area contributed by atoms with Crippen LogP contribution in [0.4, 0.5) is 0 Å². The summed E-state index contributed by atoms with van der Waals surface area (Å²) in [5.41, 5.74) is 1.27. The fourth-order valence-corrected chi connectivity index (χ4v) is 3.43. The van der Waals surface area contributed by atoms with E-state index in [4.69, 9.17) is 9.47 Å². The molecule has 132 valence electrons. The summed E-state index contributed by atoms with van der Waals surface area (Å²) in [6.45, 7) is 8.59. The highest BCUT2D eigenvalue weighted by Gasteiger charge is 2.27. The van der Waals surface area contributed by atoms with E-state index < -0.39 is 0 Å². The van der Waals surface area contributed by atoms with Gasteiger partial charge < -0.3 is 19.7 Å². The molecule has 0 spiro atoms. The minimum atomic E-state index is 0.192. The highest BCUT2D eigenvalue weighted by Crippen LogP contribution is 2.32. The maximum atomic E-state index is 12.2. The van der Waals surface area contributed by atoms with Gasteiger partial charge in [-0.05, 0) is 30.5 Å². The normalized spacial score (nSPS) is 22.6. The molecule has 2 aliphatic heterocycles. The Bertz CT molecular complexity index is 566. The minimum Gasteiger partial charge on any atom is -0.454 e. The van der Waals surface area contributed by atoms with Crippen molar-refractivity contribution < 1.29 is 19.2 Å². The second-order valence-corrected chi connectivity index (χ2v) is 7.36. The topological polar surface area (TPSA) is 52.0 Å². The van der Waals surface area contributed by atoms with E-state index in [0.29, 0.717) is 12.7 Å². The number of quaternary nitrogens is 1. The van der Waals surface area contributed by atoms with Crippen LogP contribution in [0.5, 0.6) is 11.5 Å². The molecule has 1 aromatic carbocycles. The lowest BCUT2D eigenvalue weighted by Gasteiger charge is -2.28. The largest absolute Gasteiger partial charge is 0.454 e. The number of piperidine rings is 1. The summed E-state index contributed by atoms with van der Waals surface area (Å²) in [5.74, 6) is 2.77. The first-order valence-electron chi connectivity index (χ1n) is 9.11. The van der Waals surface area contributed by atoms with Gasteiger partial charge in [0.15, 0.2) is 11.5 Å². The van der Waals surface area contributed by atoms with E-state index in [1.165, 1.54) is 5.56 Å². The van der Waals surface area contributed by atoms with Crippen molar-refractivity contribution in [3.63, 3.8) is 0 Å². The van der Waals surface area contributed by atoms with E-state index in [2.05, 4.69) is 31.3 Å². The Balaban J connectivity index is 1.43. The van der Waals surface area contributed by atoms with Gasteiger partial charge >= 0.3 is 0 Å². The van der Waals surface area contributed by atoms with E-state index in [1.54, 1.807) is 4.90 Å². The van der Waals surface area contributed by atoms with Gasteiger partial charge in [-0.3, -0.25) is 4.79 Å². The van der Waals surface area contributed by atoms with Gasteiger partial charge in [-0.15, -0.1) is 0 Å². The van der Waals surface area contributed by atoms with Gasteiger partial charge in [-0.1, -0.05) is 13.8 Å². The summed E-state index contributed by atoms with van der Waals surface area (Å²) in [4.78, 5) is 13.8. The molecule has 0 radical (unpaired) electrons. The van der Waals surface area contributed by atoms with Gasteiger partial charge in [0, 0.05) is 30.9 Å². The molecule has 0 aromatic heterocycles. The molecule has 1 saturated heterocycles. The molecule has 0 saturated carbocycles. The molecule has 1 fully saturated rings. The number of fused-ring (bicyclic) bond motifs is 1. The van der Waals surface area contributed by atoms with Crippen molar-refractivity contribution >= 4 is 5.91 Å². The van der Waals surface area contributed by atoms with Crippen molar-refractivity contribution in [2.24, 2.45) is 11.8 Å².